The minimum atomic E-state index is 0.423. The van der Waals surface area contributed by atoms with E-state index in [1.807, 2.05) is 30.3 Å². The summed E-state index contributed by atoms with van der Waals surface area (Å²) in [7, 11) is 3.22. The Kier molecular flexibility index (Phi) is 4.23. The molecule has 1 aliphatic rings. The average molecular weight is 388 g/mol. The number of aromatic nitrogens is 5. The van der Waals surface area contributed by atoms with Gasteiger partial charge in [0.2, 0.25) is 5.95 Å². The summed E-state index contributed by atoms with van der Waals surface area (Å²) in [6.07, 6.45) is 7.58. The van der Waals surface area contributed by atoms with Crippen molar-refractivity contribution in [2.24, 2.45) is 0 Å². The Bertz CT molecular complexity index is 1170. The van der Waals surface area contributed by atoms with Crippen LogP contribution >= 0.6 is 0 Å². The maximum absolute atomic E-state index is 5.37. The number of benzene rings is 1. The molecule has 1 aliphatic carbocycles. The van der Waals surface area contributed by atoms with Gasteiger partial charge in [-0.25, -0.2) is 9.97 Å². The van der Waals surface area contributed by atoms with E-state index in [0.29, 0.717) is 23.5 Å². The molecule has 0 spiro atoms. The van der Waals surface area contributed by atoms with Gasteiger partial charge in [0.15, 0.2) is 17.1 Å². The highest BCUT2D eigenvalue weighted by Gasteiger charge is 2.29. The van der Waals surface area contributed by atoms with Gasteiger partial charge in [-0.1, -0.05) is 0 Å². The Balaban J connectivity index is 1.54. The third kappa shape index (κ3) is 3.22. The molecule has 0 aliphatic heterocycles. The zero-order valence-electron chi connectivity index (χ0n) is 16.2. The number of imidazole rings is 1. The standard InChI is InChI=1S/C21H20N6O2/c1-28-17-6-3-14(11-18(17)29-2)24-21-23-12-16-20(26-21)27(15-4-5-15)19(25-16)13-7-9-22-10-8-13/h3,6-12,15H,4-5H2,1-2H3,(H,23,24,26). The first-order valence-corrected chi connectivity index (χ1v) is 9.41. The SMILES string of the molecule is COc1ccc(Nc2ncc3nc(-c4ccncc4)n(C4CC4)c3n2)cc1OC. The number of hydrogen-bond acceptors (Lipinski definition) is 7. The molecular weight excluding hydrogens is 368 g/mol. The van der Waals surface area contributed by atoms with Gasteiger partial charge in [-0.2, -0.15) is 4.98 Å². The summed E-state index contributed by atoms with van der Waals surface area (Å²) < 4.78 is 12.9. The number of ether oxygens (including phenoxy) is 2. The highest BCUT2D eigenvalue weighted by molar-refractivity contribution is 5.78. The molecule has 29 heavy (non-hydrogen) atoms. The van der Waals surface area contributed by atoms with Crippen LogP contribution in [-0.4, -0.2) is 38.7 Å². The van der Waals surface area contributed by atoms with E-state index < -0.39 is 0 Å². The third-order valence-corrected chi connectivity index (χ3v) is 4.92. The molecular formula is C21H20N6O2. The lowest BCUT2D eigenvalue weighted by molar-refractivity contribution is 0.355. The molecule has 5 rings (SSSR count). The van der Waals surface area contributed by atoms with Gasteiger partial charge < -0.3 is 19.4 Å². The van der Waals surface area contributed by atoms with E-state index in [4.69, 9.17) is 19.4 Å². The molecule has 1 saturated carbocycles. The summed E-state index contributed by atoms with van der Waals surface area (Å²) in [5.74, 6) is 2.72. The van der Waals surface area contributed by atoms with E-state index in [1.165, 1.54) is 0 Å². The minimum Gasteiger partial charge on any atom is -0.493 e. The highest BCUT2D eigenvalue weighted by Crippen LogP contribution is 2.41. The van der Waals surface area contributed by atoms with E-state index in [1.54, 1.807) is 32.8 Å². The molecule has 1 aromatic carbocycles. The van der Waals surface area contributed by atoms with Gasteiger partial charge in [0, 0.05) is 35.8 Å². The molecule has 3 heterocycles. The first-order valence-electron chi connectivity index (χ1n) is 9.41. The maximum atomic E-state index is 5.37. The van der Waals surface area contributed by atoms with E-state index in [0.717, 1.165) is 41.1 Å². The second-order valence-corrected chi connectivity index (χ2v) is 6.87. The maximum Gasteiger partial charge on any atom is 0.229 e. The largest absolute Gasteiger partial charge is 0.493 e. The van der Waals surface area contributed by atoms with Gasteiger partial charge in [-0.3, -0.25) is 4.98 Å². The smallest absolute Gasteiger partial charge is 0.229 e. The number of methoxy groups -OCH3 is 2. The quantitative estimate of drug-likeness (QED) is 0.534. The van der Waals surface area contributed by atoms with Crippen molar-refractivity contribution in [2.75, 3.05) is 19.5 Å². The fourth-order valence-corrected chi connectivity index (χ4v) is 3.38. The van der Waals surface area contributed by atoms with Crippen LogP contribution in [0, 0.1) is 0 Å². The zero-order valence-corrected chi connectivity index (χ0v) is 16.2. The Hall–Kier alpha value is -3.68. The van der Waals surface area contributed by atoms with Gasteiger partial charge in [-0.15, -0.1) is 0 Å². The van der Waals surface area contributed by atoms with Crippen LogP contribution in [0.1, 0.15) is 18.9 Å². The van der Waals surface area contributed by atoms with Crippen molar-refractivity contribution in [1.82, 2.24) is 24.5 Å². The molecule has 3 aromatic heterocycles. The molecule has 0 atom stereocenters. The number of fused-ring (bicyclic) bond motifs is 1. The van der Waals surface area contributed by atoms with Crippen LogP contribution in [0.4, 0.5) is 11.6 Å². The van der Waals surface area contributed by atoms with Crippen LogP contribution < -0.4 is 14.8 Å². The Labute approximate surface area is 167 Å². The molecule has 0 saturated heterocycles. The lowest BCUT2D eigenvalue weighted by Gasteiger charge is -2.11. The predicted molar refractivity (Wildman–Crippen MR) is 110 cm³/mol. The van der Waals surface area contributed by atoms with Crippen molar-refractivity contribution in [1.29, 1.82) is 0 Å². The van der Waals surface area contributed by atoms with Crippen molar-refractivity contribution in [3.05, 3.63) is 48.9 Å². The van der Waals surface area contributed by atoms with E-state index in [9.17, 15) is 0 Å². The van der Waals surface area contributed by atoms with Crippen molar-refractivity contribution >= 4 is 22.8 Å². The minimum absolute atomic E-state index is 0.423. The third-order valence-electron chi connectivity index (χ3n) is 4.92. The molecule has 4 aromatic rings. The van der Waals surface area contributed by atoms with Crippen LogP contribution in [0.5, 0.6) is 11.5 Å². The Morgan fingerprint density at radius 1 is 1.00 bits per heavy atom. The van der Waals surface area contributed by atoms with Crippen molar-refractivity contribution in [2.45, 2.75) is 18.9 Å². The van der Waals surface area contributed by atoms with Gasteiger partial charge in [0.05, 0.1) is 20.4 Å². The topological polar surface area (TPSA) is 87.0 Å². The van der Waals surface area contributed by atoms with Crippen LogP contribution in [-0.2, 0) is 0 Å². The first-order chi connectivity index (χ1) is 14.3. The molecule has 8 heteroatoms. The summed E-state index contributed by atoms with van der Waals surface area (Å²) in [5, 5.41) is 3.25. The van der Waals surface area contributed by atoms with E-state index >= 15 is 0 Å². The van der Waals surface area contributed by atoms with Crippen molar-refractivity contribution in [3.63, 3.8) is 0 Å². The summed E-state index contributed by atoms with van der Waals surface area (Å²) in [6, 6.07) is 9.96. The van der Waals surface area contributed by atoms with Crippen LogP contribution in [0.15, 0.2) is 48.9 Å². The molecule has 0 bridgehead atoms. The molecule has 1 N–H and O–H groups in total. The molecule has 0 amide bonds. The number of anilines is 2. The number of nitrogens with zero attached hydrogens (tertiary/aromatic N) is 5. The van der Waals surface area contributed by atoms with Crippen LogP contribution in [0.25, 0.3) is 22.6 Å². The normalized spacial score (nSPS) is 13.4. The lowest BCUT2D eigenvalue weighted by Crippen LogP contribution is -2.02. The summed E-state index contributed by atoms with van der Waals surface area (Å²) in [5.41, 5.74) is 3.45. The van der Waals surface area contributed by atoms with Crippen LogP contribution in [0.3, 0.4) is 0 Å². The average Bonchev–Trinajstić information content (AvgIpc) is 3.54. The van der Waals surface area contributed by atoms with Gasteiger partial charge >= 0.3 is 0 Å². The monoisotopic (exact) mass is 388 g/mol. The lowest BCUT2D eigenvalue weighted by atomic mass is 10.2. The van der Waals surface area contributed by atoms with E-state index in [-0.39, 0.29) is 0 Å². The molecule has 8 nitrogen and oxygen atoms in total. The molecule has 0 unspecified atom stereocenters. The van der Waals surface area contributed by atoms with Crippen LogP contribution in [0.2, 0.25) is 0 Å². The Morgan fingerprint density at radius 3 is 2.52 bits per heavy atom. The molecule has 146 valence electrons. The fourth-order valence-electron chi connectivity index (χ4n) is 3.38. The summed E-state index contributed by atoms with van der Waals surface area (Å²) >= 11 is 0. The number of rotatable bonds is 6. The van der Waals surface area contributed by atoms with Crippen molar-refractivity contribution < 1.29 is 9.47 Å². The Morgan fingerprint density at radius 2 is 1.79 bits per heavy atom. The zero-order chi connectivity index (χ0) is 19.8. The second-order valence-electron chi connectivity index (χ2n) is 6.87. The predicted octanol–water partition coefficient (Wildman–Crippen LogP) is 3.98. The number of hydrogen-bond donors (Lipinski definition) is 1. The number of nitrogens with one attached hydrogen (secondary N) is 1. The van der Waals surface area contributed by atoms with Gasteiger partial charge in [0.1, 0.15) is 11.3 Å². The highest BCUT2D eigenvalue weighted by atomic mass is 16.5. The molecule has 1 fully saturated rings. The summed E-state index contributed by atoms with van der Waals surface area (Å²) in [6.45, 7) is 0. The summed E-state index contributed by atoms with van der Waals surface area (Å²) in [4.78, 5) is 18.1. The number of pyridine rings is 1. The second kappa shape index (κ2) is 7.05. The first kappa shape index (κ1) is 17.4. The van der Waals surface area contributed by atoms with Gasteiger partial charge in [0.25, 0.3) is 0 Å². The van der Waals surface area contributed by atoms with E-state index in [2.05, 4.69) is 19.9 Å². The molecule has 0 radical (unpaired) electrons. The van der Waals surface area contributed by atoms with Gasteiger partial charge in [-0.05, 0) is 37.1 Å². The fraction of sp³-hybridized carbons (Fsp3) is 0.238. The van der Waals surface area contributed by atoms with Crippen molar-refractivity contribution in [3.8, 4) is 22.9 Å².